The van der Waals surface area contributed by atoms with Gasteiger partial charge >= 0.3 is 0 Å². The van der Waals surface area contributed by atoms with Crippen LogP contribution in [0.15, 0.2) is 35.2 Å². The van der Waals surface area contributed by atoms with Crippen LogP contribution in [0.1, 0.15) is 35.3 Å². The van der Waals surface area contributed by atoms with Crippen LogP contribution in [0.5, 0.6) is 11.5 Å². The second-order valence-corrected chi connectivity index (χ2v) is 7.93. The molecule has 2 aromatic carbocycles. The maximum atomic E-state index is 13.6. The highest BCUT2D eigenvalue weighted by Crippen LogP contribution is 2.38. The molecule has 1 heterocycles. The molecule has 0 bridgehead atoms. The molecule has 1 aliphatic rings. The Bertz CT molecular complexity index is 1070. The monoisotopic (exact) mass is 374 g/mol. The maximum absolute atomic E-state index is 13.6. The molecular formula is C18H15FN2O4S. The average molecular weight is 374 g/mol. The van der Waals surface area contributed by atoms with E-state index in [0.29, 0.717) is 5.56 Å². The van der Waals surface area contributed by atoms with Crippen molar-refractivity contribution in [2.75, 3.05) is 0 Å². The minimum atomic E-state index is -3.90. The molecule has 0 unspecified atom stereocenters. The Kier molecular flexibility index (Phi) is 4.20. The number of carbonyl (C=O) groups is 1. The standard InChI is InChI=1S/C18H15FN2O4S/c1-10(2)21-18(22)17-11(3)15(4-5-16(17)26(21,23)24)25-14-7-12(9-20)6-13(19)8-14/h4-8,10H,1-3H3. The van der Waals surface area contributed by atoms with Gasteiger partial charge in [0, 0.05) is 17.7 Å². The Labute approximate surface area is 150 Å². The number of ether oxygens (including phenoxy) is 1. The first-order valence-corrected chi connectivity index (χ1v) is 9.21. The average Bonchev–Trinajstić information content (AvgIpc) is 2.75. The number of hydrogen-bond donors (Lipinski definition) is 0. The van der Waals surface area contributed by atoms with Crippen LogP contribution in [0.3, 0.4) is 0 Å². The first-order chi connectivity index (χ1) is 12.2. The normalized spacial score (nSPS) is 15.1. The predicted octanol–water partition coefficient (Wildman–Crippen LogP) is 3.35. The molecule has 6 nitrogen and oxygen atoms in total. The SMILES string of the molecule is Cc1c(Oc2cc(F)cc(C#N)c2)ccc2c1C(=O)N(C(C)C)S2(=O)=O. The van der Waals surface area contributed by atoms with Gasteiger partial charge in [-0.2, -0.15) is 5.26 Å². The maximum Gasteiger partial charge on any atom is 0.269 e. The fraction of sp³-hybridized carbons (Fsp3) is 0.222. The zero-order valence-corrected chi connectivity index (χ0v) is 15.1. The Hall–Kier alpha value is -2.92. The second-order valence-electron chi connectivity index (χ2n) is 6.15. The number of nitriles is 1. The van der Waals surface area contributed by atoms with E-state index in [1.165, 1.54) is 18.2 Å². The van der Waals surface area contributed by atoms with E-state index in [9.17, 15) is 17.6 Å². The molecule has 0 radical (unpaired) electrons. The summed E-state index contributed by atoms with van der Waals surface area (Å²) < 4.78 is 45.2. The fourth-order valence-corrected chi connectivity index (χ4v) is 4.72. The summed E-state index contributed by atoms with van der Waals surface area (Å²) in [5.41, 5.74) is 0.471. The molecule has 8 heteroatoms. The number of rotatable bonds is 3. The van der Waals surface area contributed by atoms with Crippen molar-refractivity contribution in [3.63, 3.8) is 0 Å². The molecule has 3 rings (SSSR count). The van der Waals surface area contributed by atoms with Crippen molar-refractivity contribution in [1.82, 2.24) is 4.31 Å². The Balaban J connectivity index is 2.09. The van der Waals surface area contributed by atoms with E-state index in [-0.39, 0.29) is 27.5 Å². The molecule has 1 amide bonds. The highest BCUT2D eigenvalue weighted by molar-refractivity contribution is 7.90. The van der Waals surface area contributed by atoms with Gasteiger partial charge in [0.25, 0.3) is 15.9 Å². The molecule has 0 aromatic heterocycles. The largest absolute Gasteiger partial charge is 0.457 e. The fourth-order valence-electron chi connectivity index (χ4n) is 2.91. The number of benzene rings is 2. The number of halogens is 1. The van der Waals surface area contributed by atoms with Gasteiger partial charge in [-0.1, -0.05) is 0 Å². The number of fused-ring (bicyclic) bond motifs is 1. The van der Waals surface area contributed by atoms with Crippen molar-refractivity contribution in [3.8, 4) is 17.6 Å². The van der Waals surface area contributed by atoms with Gasteiger partial charge in [0.15, 0.2) is 0 Å². The summed E-state index contributed by atoms with van der Waals surface area (Å²) in [4.78, 5) is 12.6. The van der Waals surface area contributed by atoms with E-state index in [4.69, 9.17) is 10.00 Å². The van der Waals surface area contributed by atoms with Gasteiger partial charge in [0.05, 0.1) is 17.2 Å². The molecule has 0 spiro atoms. The summed E-state index contributed by atoms with van der Waals surface area (Å²) in [7, 11) is -3.90. The lowest BCUT2D eigenvalue weighted by Gasteiger charge is -2.18. The molecule has 1 aliphatic heterocycles. The van der Waals surface area contributed by atoms with Crippen LogP contribution in [0.25, 0.3) is 0 Å². The zero-order chi connectivity index (χ0) is 19.2. The molecule has 2 aromatic rings. The van der Waals surface area contributed by atoms with E-state index in [2.05, 4.69) is 0 Å². The molecule has 0 saturated carbocycles. The molecule has 0 aliphatic carbocycles. The summed E-state index contributed by atoms with van der Waals surface area (Å²) in [6, 6.07) is 7.55. The van der Waals surface area contributed by atoms with Gasteiger partial charge in [0.2, 0.25) is 0 Å². The number of amides is 1. The first kappa shape index (κ1) is 17.9. The summed E-state index contributed by atoms with van der Waals surface area (Å²) in [6.45, 7) is 4.80. The van der Waals surface area contributed by atoms with Crippen molar-refractivity contribution in [1.29, 1.82) is 5.26 Å². The lowest BCUT2D eigenvalue weighted by Crippen LogP contribution is -2.36. The van der Waals surface area contributed by atoms with Crippen LogP contribution >= 0.6 is 0 Å². The molecule has 134 valence electrons. The van der Waals surface area contributed by atoms with Gasteiger partial charge in [0.1, 0.15) is 22.2 Å². The smallest absolute Gasteiger partial charge is 0.269 e. The third-order valence-corrected chi connectivity index (χ3v) is 6.03. The zero-order valence-electron chi connectivity index (χ0n) is 14.3. The quantitative estimate of drug-likeness (QED) is 0.822. The molecular weight excluding hydrogens is 359 g/mol. The Morgan fingerprint density at radius 1 is 1.23 bits per heavy atom. The molecule has 0 N–H and O–H groups in total. The topological polar surface area (TPSA) is 87.5 Å². The summed E-state index contributed by atoms with van der Waals surface area (Å²) in [5.74, 6) is -0.955. The van der Waals surface area contributed by atoms with E-state index in [1.807, 2.05) is 6.07 Å². The number of hydrogen-bond acceptors (Lipinski definition) is 5. The second kappa shape index (κ2) is 6.11. The van der Waals surface area contributed by atoms with Gasteiger partial charge in [-0.25, -0.2) is 17.1 Å². The summed E-state index contributed by atoms with van der Waals surface area (Å²) in [5, 5.41) is 8.92. The van der Waals surface area contributed by atoms with Crippen LogP contribution < -0.4 is 4.74 Å². The lowest BCUT2D eigenvalue weighted by molar-refractivity contribution is 0.0845. The van der Waals surface area contributed by atoms with Crippen LogP contribution in [-0.4, -0.2) is 24.7 Å². The van der Waals surface area contributed by atoms with Crippen molar-refractivity contribution in [2.45, 2.75) is 31.7 Å². The number of carbonyl (C=O) groups excluding carboxylic acids is 1. The Morgan fingerprint density at radius 3 is 2.54 bits per heavy atom. The minimum Gasteiger partial charge on any atom is -0.457 e. The summed E-state index contributed by atoms with van der Waals surface area (Å²) >= 11 is 0. The van der Waals surface area contributed by atoms with Crippen LogP contribution in [0.4, 0.5) is 4.39 Å². The van der Waals surface area contributed by atoms with Crippen LogP contribution in [-0.2, 0) is 10.0 Å². The van der Waals surface area contributed by atoms with Gasteiger partial charge in [-0.3, -0.25) is 4.79 Å². The minimum absolute atomic E-state index is 0.0492. The van der Waals surface area contributed by atoms with Crippen LogP contribution in [0, 0.1) is 24.1 Å². The molecule has 0 saturated heterocycles. The Morgan fingerprint density at radius 2 is 1.92 bits per heavy atom. The molecule has 26 heavy (non-hydrogen) atoms. The van der Waals surface area contributed by atoms with E-state index in [0.717, 1.165) is 16.4 Å². The predicted molar refractivity (Wildman–Crippen MR) is 90.9 cm³/mol. The van der Waals surface area contributed by atoms with Crippen LogP contribution in [0.2, 0.25) is 0 Å². The highest BCUT2D eigenvalue weighted by Gasteiger charge is 2.44. The van der Waals surface area contributed by atoms with Gasteiger partial charge < -0.3 is 4.74 Å². The third kappa shape index (κ3) is 2.70. The van der Waals surface area contributed by atoms with E-state index >= 15 is 0 Å². The lowest BCUT2D eigenvalue weighted by atomic mass is 10.1. The van der Waals surface area contributed by atoms with Gasteiger partial charge in [-0.05, 0) is 45.0 Å². The number of sulfonamides is 1. The third-order valence-electron chi connectivity index (χ3n) is 4.03. The molecule has 0 atom stereocenters. The highest BCUT2D eigenvalue weighted by atomic mass is 32.2. The van der Waals surface area contributed by atoms with Crippen molar-refractivity contribution < 1.29 is 22.3 Å². The molecule has 0 fully saturated rings. The van der Waals surface area contributed by atoms with Crippen molar-refractivity contribution in [3.05, 3.63) is 52.8 Å². The van der Waals surface area contributed by atoms with Crippen molar-refractivity contribution >= 4 is 15.9 Å². The van der Waals surface area contributed by atoms with Crippen molar-refractivity contribution in [2.24, 2.45) is 0 Å². The number of nitrogens with zero attached hydrogens (tertiary/aromatic N) is 2. The van der Waals surface area contributed by atoms with E-state index < -0.39 is 27.8 Å². The van der Waals surface area contributed by atoms with E-state index in [1.54, 1.807) is 20.8 Å². The van der Waals surface area contributed by atoms with Gasteiger partial charge in [-0.15, -0.1) is 0 Å². The first-order valence-electron chi connectivity index (χ1n) is 7.77. The summed E-state index contributed by atoms with van der Waals surface area (Å²) in [6.07, 6.45) is 0.